The minimum atomic E-state index is -0.417. The molecule has 0 spiro atoms. The molecule has 3 rings (SSSR count). The fraction of sp³-hybridized carbons (Fsp3) is 0.421. The lowest BCUT2D eigenvalue weighted by Crippen LogP contribution is -2.22. The number of hydrogen-bond donors (Lipinski definition) is 3. The third-order valence-corrected chi connectivity index (χ3v) is 5.40. The molecule has 1 aromatic heterocycles. The van der Waals surface area contributed by atoms with Gasteiger partial charge in [0.1, 0.15) is 0 Å². The topological polar surface area (TPSA) is 97.1 Å². The number of aryl methyl sites for hydroxylation is 1. The second-order valence-electron chi connectivity index (χ2n) is 6.84. The molecule has 7 heteroatoms. The van der Waals surface area contributed by atoms with Crippen molar-refractivity contribution in [2.75, 3.05) is 10.6 Å². The van der Waals surface area contributed by atoms with E-state index in [-0.39, 0.29) is 17.7 Å². The van der Waals surface area contributed by atoms with E-state index in [9.17, 15) is 9.59 Å². The van der Waals surface area contributed by atoms with Crippen molar-refractivity contribution in [3.63, 3.8) is 0 Å². The van der Waals surface area contributed by atoms with E-state index in [0.29, 0.717) is 16.4 Å². The summed E-state index contributed by atoms with van der Waals surface area (Å²) < 4.78 is 0. The van der Waals surface area contributed by atoms with Gasteiger partial charge >= 0.3 is 6.03 Å². The average molecular weight is 372 g/mol. The number of amides is 2. The predicted octanol–water partition coefficient (Wildman–Crippen LogP) is 4.49. The highest BCUT2D eigenvalue weighted by Gasteiger charge is 2.26. The molecular weight excluding hydrogens is 348 g/mol. The number of Topliss-reactive ketones (excluding diaryl/α,β-unsaturated/α-hetero) is 1. The molecule has 26 heavy (non-hydrogen) atoms. The maximum absolute atomic E-state index is 12.8. The molecule has 138 valence electrons. The molecule has 1 fully saturated rings. The van der Waals surface area contributed by atoms with E-state index < -0.39 is 6.03 Å². The van der Waals surface area contributed by atoms with Crippen molar-refractivity contribution in [1.29, 1.82) is 0 Å². The van der Waals surface area contributed by atoms with Gasteiger partial charge in [-0.25, -0.2) is 9.78 Å². The number of hydrogen-bond acceptors (Lipinski definition) is 5. The molecule has 1 aliphatic rings. The van der Waals surface area contributed by atoms with Gasteiger partial charge in [-0.3, -0.25) is 10.1 Å². The standard InChI is InChI=1S/C19H24N4O2S/c1-11-7-8-15(14(9-11)17(24)13-5-3-4-6-13)21-18(25)23-19-22-16(10-26-19)12(2)20/h7-10,12-13H,3-6,20H2,1-2H3,(H2,21,22,23,25). The van der Waals surface area contributed by atoms with Crippen molar-refractivity contribution in [2.24, 2.45) is 11.7 Å². The minimum absolute atomic E-state index is 0.0629. The molecule has 2 amide bonds. The third-order valence-electron chi connectivity index (χ3n) is 4.62. The molecule has 6 nitrogen and oxygen atoms in total. The molecule has 1 atom stereocenters. The number of aromatic nitrogens is 1. The van der Waals surface area contributed by atoms with Gasteiger partial charge in [0.05, 0.1) is 11.4 Å². The number of thiazole rings is 1. The van der Waals surface area contributed by atoms with Gasteiger partial charge < -0.3 is 11.1 Å². The Labute approximate surface area is 157 Å². The smallest absolute Gasteiger partial charge is 0.323 e. The average Bonchev–Trinajstić information content (AvgIpc) is 3.27. The lowest BCUT2D eigenvalue weighted by atomic mass is 9.94. The number of nitrogens with one attached hydrogen (secondary N) is 2. The number of ketones is 1. The zero-order valence-corrected chi connectivity index (χ0v) is 15.9. The quantitative estimate of drug-likeness (QED) is 0.674. The molecule has 1 heterocycles. The summed E-state index contributed by atoms with van der Waals surface area (Å²) in [6.45, 7) is 3.78. The Morgan fingerprint density at radius 3 is 2.65 bits per heavy atom. The van der Waals surface area contributed by atoms with Gasteiger partial charge in [0, 0.05) is 22.9 Å². The molecule has 1 unspecified atom stereocenters. The highest BCUT2D eigenvalue weighted by molar-refractivity contribution is 7.13. The van der Waals surface area contributed by atoms with Crippen molar-refractivity contribution in [1.82, 2.24) is 4.98 Å². The molecule has 0 saturated heterocycles. The summed E-state index contributed by atoms with van der Waals surface area (Å²) in [7, 11) is 0. The molecule has 1 aromatic carbocycles. The number of carbonyl (C=O) groups is 2. The number of nitrogens with two attached hydrogens (primary N) is 1. The summed E-state index contributed by atoms with van der Waals surface area (Å²) in [6.07, 6.45) is 4.05. The molecule has 2 aromatic rings. The number of nitrogens with zero attached hydrogens (tertiary/aromatic N) is 1. The van der Waals surface area contributed by atoms with E-state index in [2.05, 4.69) is 15.6 Å². The van der Waals surface area contributed by atoms with Gasteiger partial charge in [0.2, 0.25) is 0 Å². The molecule has 1 aliphatic carbocycles. The zero-order chi connectivity index (χ0) is 18.7. The maximum atomic E-state index is 12.8. The van der Waals surface area contributed by atoms with Gasteiger partial charge in [0.15, 0.2) is 10.9 Å². The van der Waals surface area contributed by atoms with Gasteiger partial charge in [-0.2, -0.15) is 0 Å². The van der Waals surface area contributed by atoms with Crippen LogP contribution in [0.25, 0.3) is 0 Å². The van der Waals surface area contributed by atoms with Crippen LogP contribution in [0.1, 0.15) is 60.3 Å². The Bertz CT molecular complexity index is 810. The molecular formula is C19H24N4O2S. The zero-order valence-electron chi connectivity index (χ0n) is 15.0. The van der Waals surface area contributed by atoms with Crippen LogP contribution in [0.4, 0.5) is 15.6 Å². The number of benzene rings is 1. The summed E-state index contributed by atoms with van der Waals surface area (Å²) in [5.41, 5.74) is 8.64. The Morgan fingerprint density at radius 2 is 2.00 bits per heavy atom. The number of anilines is 2. The maximum Gasteiger partial charge on any atom is 0.325 e. The van der Waals surface area contributed by atoms with E-state index in [1.54, 1.807) is 6.07 Å². The monoisotopic (exact) mass is 372 g/mol. The lowest BCUT2D eigenvalue weighted by Gasteiger charge is -2.14. The van der Waals surface area contributed by atoms with Crippen LogP contribution in [-0.2, 0) is 0 Å². The van der Waals surface area contributed by atoms with Crippen LogP contribution < -0.4 is 16.4 Å². The first-order chi connectivity index (χ1) is 12.4. The molecule has 0 aliphatic heterocycles. The van der Waals surface area contributed by atoms with Crippen molar-refractivity contribution in [2.45, 2.75) is 45.6 Å². The fourth-order valence-corrected chi connectivity index (χ4v) is 3.99. The number of carbonyl (C=O) groups excluding carboxylic acids is 2. The normalized spacial score (nSPS) is 15.7. The first kappa shape index (κ1) is 18.5. The third kappa shape index (κ3) is 4.28. The van der Waals surface area contributed by atoms with Crippen LogP contribution >= 0.6 is 11.3 Å². The molecule has 0 bridgehead atoms. The lowest BCUT2D eigenvalue weighted by molar-refractivity contribution is 0.0923. The van der Waals surface area contributed by atoms with Crippen LogP contribution in [0.5, 0.6) is 0 Å². The van der Waals surface area contributed by atoms with E-state index in [4.69, 9.17) is 5.73 Å². The second kappa shape index (κ2) is 7.97. The summed E-state index contributed by atoms with van der Waals surface area (Å²) in [4.78, 5) is 29.5. The fourth-order valence-electron chi connectivity index (χ4n) is 3.18. The number of rotatable bonds is 5. The van der Waals surface area contributed by atoms with E-state index >= 15 is 0 Å². The molecule has 0 radical (unpaired) electrons. The van der Waals surface area contributed by atoms with E-state index in [0.717, 1.165) is 36.9 Å². The van der Waals surface area contributed by atoms with Gasteiger partial charge in [-0.15, -0.1) is 11.3 Å². The van der Waals surface area contributed by atoms with E-state index in [1.807, 2.05) is 31.4 Å². The number of urea groups is 1. The Kier molecular flexibility index (Phi) is 5.68. The predicted molar refractivity (Wildman–Crippen MR) is 105 cm³/mol. The van der Waals surface area contributed by atoms with Crippen molar-refractivity contribution < 1.29 is 9.59 Å². The van der Waals surface area contributed by atoms with Gasteiger partial charge in [-0.1, -0.05) is 24.5 Å². The minimum Gasteiger partial charge on any atom is -0.323 e. The summed E-state index contributed by atoms with van der Waals surface area (Å²) in [5, 5.41) is 7.80. The SMILES string of the molecule is Cc1ccc(NC(=O)Nc2nc(C(C)N)cs2)c(C(=O)C2CCCC2)c1. The Balaban J connectivity index is 1.73. The molecule has 1 saturated carbocycles. The van der Waals surface area contributed by atoms with Crippen molar-refractivity contribution >= 4 is 34.0 Å². The first-order valence-corrected chi connectivity index (χ1v) is 9.76. The van der Waals surface area contributed by atoms with Crippen molar-refractivity contribution in [3.8, 4) is 0 Å². The Morgan fingerprint density at radius 1 is 1.27 bits per heavy atom. The summed E-state index contributed by atoms with van der Waals surface area (Å²) in [6, 6.07) is 4.93. The van der Waals surface area contributed by atoms with Crippen LogP contribution in [0, 0.1) is 12.8 Å². The summed E-state index contributed by atoms with van der Waals surface area (Å²) in [5.74, 6) is 0.183. The highest BCUT2D eigenvalue weighted by atomic mass is 32.1. The Hall–Kier alpha value is -2.25. The van der Waals surface area contributed by atoms with Crippen LogP contribution in [0.3, 0.4) is 0 Å². The second-order valence-corrected chi connectivity index (χ2v) is 7.70. The van der Waals surface area contributed by atoms with E-state index in [1.165, 1.54) is 11.3 Å². The largest absolute Gasteiger partial charge is 0.325 e. The highest BCUT2D eigenvalue weighted by Crippen LogP contribution is 2.31. The van der Waals surface area contributed by atoms with Crippen LogP contribution in [0.2, 0.25) is 0 Å². The molecule has 4 N–H and O–H groups in total. The first-order valence-electron chi connectivity index (χ1n) is 8.88. The van der Waals surface area contributed by atoms with Gasteiger partial charge in [-0.05, 0) is 38.8 Å². The van der Waals surface area contributed by atoms with Gasteiger partial charge in [0.25, 0.3) is 0 Å². The van der Waals surface area contributed by atoms with Crippen LogP contribution in [-0.4, -0.2) is 16.8 Å². The van der Waals surface area contributed by atoms with Crippen LogP contribution in [0.15, 0.2) is 23.6 Å². The summed E-state index contributed by atoms with van der Waals surface area (Å²) >= 11 is 1.32. The van der Waals surface area contributed by atoms with Crippen molar-refractivity contribution in [3.05, 3.63) is 40.4 Å².